The van der Waals surface area contributed by atoms with Crippen LogP contribution in [0.1, 0.15) is 12.5 Å². The van der Waals surface area contributed by atoms with Crippen molar-refractivity contribution in [3.63, 3.8) is 0 Å². The summed E-state index contributed by atoms with van der Waals surface area (Å²) in [6.07, 6.45) is 1.80. The van der Waals surface area contributed by atoms with Gasteiger partial charge >= 0.3 is 5.97 Å². The normalized spacial score (nSPS) is 13.4. The highest BCUT2D eigenvalue weighted by atomic mass is 32.1. The maximum absolute atomic E-state index is 13.3. The molecule has 140 valence electrons. The molecule has 7 heteroatoms. The highest BCUT2D eigenvalue weighted by molar-refractivity contribution is 7.08. The second-order valence-electron chi connectivity index (χ2n) is 6.05. The number of aliphatic imine (C=N–C) groups is 1. The zero-order chi connectivity index (χ0) is 19.7. The molecule has 2 N–H and O–H groups in total. The molecule has 1 aromatic heterocycles. The Morgan fingerprint density at radius 3 is 2.64 bits per heavy atom. The van der Waals surface area contributed by atoms with E-state index < -0.39 is 5.97 Å². The Labute approximate surface area is 164 Å². The van der Waals surface area contributed by atoms with Crippen LogP contribution in [-0.4, -0.2) is 23.0 Å². The van der Waals surface area contributed by atoms with Gasteiger partial charge in [0.25, 0.3) is 5.56 Å². The molecule has 28 heavy (non-hydrogen) atoms. The number of ether oxygens (including phenoxy) is 1. The molecule has 1 aliphatic heterocycles. The van der Waals surface area contributed by atoms with Crippen molar-refractivity contribution < 1.29 is 9.53 Å². The highest BCUT2D eigenvalue weighted by Crippen LogP contribution is 2.24. The van der Waals surface area contributed by atoms with Gasteiger partial charge in [-0.05, 0) is 30.7 Å². The number of nitrogens with zero attached hydrogens (tertiary/aromatic N) is 2. The van der Waals surface area contributed by atoms with Gasteiger partial charge in [-0.3, -0.25) is 9.36 Å². The summed E-state index contributed by atoms with van der Waals surface area (Å²) >= 11 is 1.20. The number of hydrogen-bond donors (Lipinski definition) is 1. The zero-order valence-electron chi connectivity index (χ0n) is 15.1. The molecule has 6 nitrogen and oxygen atoms in total. The van der Waals surface area contributed by atoms with Gasteiger partial charge in [-0.1, -0.05) is 42.5 Å². The van der Waals surface area contributed by atoms with E-state index in [2.05, 4.69) is 4.99 Å². The third-order valence-electron chi connectivity index (χ3n) is 4.23. The molecule has 0 spiro atoms. The molecule has 4 rings (SSSR count). The second-order valence-corrected chi connectivity index (χ2v) is 7.08. The summed E-state index contributed by atoms with van der Waals surface area (Å²) in [4.78, 5) is 30.2. The molecule has 0 radical (unpaired) electrons. The summed E-state index contributed by atoms with van der Waals surface area (Å²) in [6, 6.07) is 16.7. The Kier molecular flexibility index (Phi) is 4.67. The summed E-state index contributed by atoms with van der Waals surface area (Å²) < 4.78 is 7.57. The van der Waals surface area contributed by atoms with Crippen LogP contribution in [0.5, 0.6) is 0 Å². The largest absolute Gasteiger partial charge is 0.462 e. The number of benzene rings is 2. The van der Waals surface area contributed by atoms with Crippen molar-refractivity contribution in [1.82, 2.24) is 4.57 Å². The molecule has 0 saturated heterocycles. The first-order chi connectivity index (χ1) is 13.6. The fourth-order valence-corrected chi connectivity index (χ4v) is 4.15. The van der Waals surface area contributed by atoms with E-state index in [0.717, 1.165) is 5.56 Å². The van der Waals surface area contributed by atoms with Crippen molar-refractivity contribution in [3.8, 4) is 5.69 Å². The lowest BCUT2D eigenvalue weighted by Crippen LogP contribution is -2.33. The Hall–Kier alpha value is -3.45. The first kappa shape index (κ1) is 17.9. The number of thiazole rings is 1. The van der Waals surface area contributed by atoms with Gasteiger partial charge in [0.2, 0.25) is 0 Å². The predicted molar refractivity (Wildman–Crippen MR) is 110 cm³/mol. The lowest BCUT2D eigenvalue weighted by atomic mass is 10.2. The highest BCUT2D eigenvalue weighted by Gasteiger charge is 2.25. The number of fused-ring (bicyclic) bond motifs is 3. The fraction of sp³-hybridized carbons (Fsp3) is 0.0952. The lowest BCUT2D eigenvalue weighted by Gasteiger charge is -2.04. The van der Waals surface area contributed by atoms with Crippen LogP contribution < -0.4 is 20.5 Å². The molecule has 0 saturated carbocycles. The molecule has 0 aliphatic carbocycles. The van der Waals surface area contributed by atoms with Crippen molar-refractivity contribution in [3.05, 3.63) is 79.7 Å². The number of aromatic nitrogens is 1. The molecule has 0 fully saturated rings. The zero-order valence-corrected chi connectivity index (χ0v) is 15.9. The van der Waals surface area contributed by atoms with Crippen molar-refractivity contribution in [2.75, 3.05) is 6.61 Å². The number of nitrogens with two attached hydrogens (primary N) is 1. The van der Waals surface area contributed by atoms with Crippen LogP contribution in [0.25, 0.3) is 17.3 Å². The molecule has 2 aromatic carbocycles. The minimum Gasteiger partial charge on any atom is -0.462 e. The first-order valence-electron chi connectivity index (χ1n) is 8.74. The van der Waals surface area contributed by atoms with Crippen molar-refractivity contribution in [2.45, 2.75) is 6.92 Å². The van der Waals surface area contributed by atoms with Gasteiger partial charge in [-0.25, -0.2) is 9.79 Å². The molecule has 0 atom stereocenters. The van der Waals surface area contributed by atoms with E-state index >= 15 is 0 Å². The second kappa shape index (κ2) is 7.28. The van der Waals surface area contributed by atoms with E-state index in [9.17, 15) is 9.59 Å². The van der Waals surface area contributed by atoms with E-state index in [1.54, 1.807) is 31.2 Å². The Morgan fingerprint density at radius 2 is 1.89 bits per heavy atom. The van der Waals surface area contributed by atoms with Crippen LogP contribution in [0.15, 0.2) is 64.4 Å². The number of rotatable bonds is 3. The SMILES string of the molecule is CCOC(=O)C1=c2sc(=Cc3ccccc3)c(=O)n2-c2ccccc2N=C1N. The minimum absolute atomic E-state index is 0.0321. The van der Waals surface area contributed by atoms with Gasteiger partial charge < -0.3 is 10.5 Å². The molecular formula is C21H17N3O3S. The first-order valence-corrected chi connectivity index (χ1v) is 9.55. The molecule has 0 amide bonds. The van der Waals surface area contributed by atoms with Gasteiger partial charge in [0, 0.05) is 0 Å². The topological polar surface area (TPSA) is 86.7 Å². The quantitative estimate of drug-likeness (QED) is 0.685. The molecule has 2 heterocycles. The van der Waals surface area contributed by atoms with Gasteiger partial charge in [-0.2, -0.15) is 0 Å². The fourth-order valence-electron chi connectivity index (χ4n) is 3.01. The van der Waals surface area contributed by atoms with Gasteiger partial charge in [-0.15, -0.1) is 11.3 Å². The number of carbonyl (C=O) groups excluding carboxylic acids is 1. The van der Waals surface area contributed by atoms with E-state index in [1.165, 1.54) is 15.9 Å². The van der Waals surface area contributed by atoms with Crippen molar-refractivity contribution >= 4 is 40.5 Å². The minimum atomic E-state index is -0.599. The van der Waals surface area contributed by atoms with Crippen LogP contribution in [0.2, 0.25) is 0 Å². The van der Waals surface area contributed by atoms with Crippen LogP contribution in [-0.2, 0) is 9.53 Å². The summed E-state index contributed by atoms with van der Waals surface area (Å²) in [6.45, 7) is 1.91. The predicted octanol–water partition coefficient (Wildman–Crippen LogP) is 1.44. The number of para-hydroxylation sites is 2. The number of esters is 1. The average Bonchev–Trinajstić information content (AvgIpc) is 2.92. The molecular weight excluding hydrogens is 374 g/mol. The summed E-state index contributed by atoms with van der Waals surface area (Å²) in [5, 5.41) is 0. The third kappa shape index (κ3) is 3.05. The smallest absolute Gasteiger partial charge is 0.344 e. The average molecular weight is 391 g/mol. The summed E-state index contributed by atoms with van der Waals surface area (Å²) in [5.74, 6) is -0.567. The Morgan fingerprint density at radius 1 is 1.18 bits per heavy atom. The summed E-state index contributed by atoms with van der Waals surface area (Å²) in [7, 11) is 0. The Balaban J connectivity index is 2.12. The van der Waals surface area contributed by atoms with Gasteiger partial charge in [0.05, 0.1) is 22.5 Å². The molecule has 0 unspecified atom stereocenters. The van der Waals surface area contributed by atoms with Crippen LogP contribution in [0.4, 0.5) is 5.69 Å². The van der Waals surface area contributed by atoms with Crippen LogP contribution in [0.3, 0.4) is 0 Å². The molecule has 1 aliphatic rings. The van der Waals surface area contributed by atoms with E-state index in [0.29, 0.717) is 20.6 Å². The summed E-state index contributed by atoms with van der Waals surface area (Å²) in [5.41, 5.74) is 8.01. The lowest BCUT2D eigenvalue weighted by molar-refractivity contribution is -0.135. The monoisotopic (exact) mass is 391 g/mol. The van der Waals surface area contributed by atoms with Gasteiger partial charge in [0.1, 0.15) is 16.1 Å². The van der Waals surface area contributed by atoms with Crippen molar-refractivity contribution in [2.24, 2.45) is 10.7 Å². The third-order valence-corrected chi connectivity index (χ3v) is 5.33. The van der Waals surface area contributed by atoms with E-state index in [1.807, 2.05) is 36.4 Å². The molecule has 3 aromatic rings. The van der Waals surface area contributed by atoms with Crippen LogP contribution in [0, 0.1) is 0 Å². The van der Waals surface area contributed by atoms with E-state index in [-0.39, 0.29) is 23.6 Å². The van der Waals surface area contributed by atoms with Crippen molar-refractivity contribution in [1.29, 1.82) is 0 Å². The van der Waals surface area contributed by atoms with E-state index in [4.69, 9.17) is 10.5 Å². The Bertz CT molecular complexity index is 1270. The van der Waals surface area contributed by atoms with Crippen LogP contribution >= 0.6 is 11.3 Å². The number of amidine groups is 1. The standard InChI is InChI=1S/C21H17N3O3S/c1-2-27-21(26)17-18(22)23-14-10-6-7-11-15(14)24-19(25)16(28-20(17)24)12-13-8-4-3-5-9-13/h3-12H,2H2,1H3,(H2,22,23). The maximum Gasteiger partial charge on any atom is 0.344 e. The molecule has 0 bridgehead atoms. The maximum atomic E-state index is 13.3. The van der Waals surface area contributed by atoms with Gasteiger partial charge in [0.15, 0.2) is 0 Å². The number of hydrogen-bond acceptors (Lipinski definition) is 6. The number of carbonyl (C=O) groups is 1.